The summed E-state index contributed by atoms with van der Waals surface area (Å²) >= 11 is 0. The van der Waals surface area contributed by atoms with Gasteiger partial charge in [-0.05, 0) is 18.6 Å². The number of carbonyl (C=O) groups excluding carboxylic acids is 2. The van der Waals surface area contributed by atoms with E-state index in [0.29, 0.717) is 45.1 Å². The van der Waals surface area contributed by atoms with Gasteiger partial charge in [-0.3, -0.25) is 9.59 Å². The number of hydrogen-bond donors (Lipinski definition) is 0. The van der Waals surface area contributed by atoms with Gasteiger partial charge in [-0.15, -0.1) is 0 Å². The van der Waals surface area contributed by atoms with E-state index in [1.807, 2.05) is 0 Å². The molecular formula is C15H18F2N2O2. The Labute approximate surface area is 122 Å². The van der Waals surface area contributed by atoms with Gasteiger partial charge in [0.2, 0.25) is 5.91 Å². The molecule has 21 heavy (non-hydrogen) atoms. The van der Waals surface area contributed by atoms with E-state index in [4.69, 9.17) is 0 Å². The van der Waals surface area contributed by atoms with Crippen molar-refractivity contribution in [2.45, 2.75) is 19.8 Å². The Balaban J connectivity index is 2.08. The van der Waals surface area contributed by atoms with Gasteiger partial charge >= 0.3 is 0 Å². The fourth-order valence-electron chi connectivity index (χ4n) is 2.43. The Kier molecular flexibility index (Phi) is 4.88. The lowest BCUT2D eigenvalue weighted by Crippen LogP contribution is -2.37. The zero-order chi connectivity index (χ0) is 15.4. The summed E-state index contributed by atoms with van der Waals surface area (Å²) in [6.07, 6.45) is 1.08. The maximum Gasteiger partial charge on any atom is 0.256 e. The molecule has 1 aliphatic rings. The van der Waals surface area contributed by atoms with Crippen LogP contribution in [-0.4, -0.2) is 47.8 Å². The van der Waals surface area contributed by atoms with E-state index in [-0.39, 0.29) is 11.5 Å². The second-order valence-corrected chi connectivity index (χ2v) is 5.00. The number of nitrogens with zero attached hydrogens (tertiary/aromatic N) is 2. The molecule has 2 amide bonds. The molecule has 0 aromatic heterocycles. The average Bonchev–Trinajstić information content (AvgIpc) is 2.71. The van der Waals surface area contributed by atoms with E-state index < -0.39 is 17.5 Å². The summed E-state index contributed by atoms with van der Waals surface area (Å²) in [6, 6.07) is 2.94. The molecule has 0 aliphatic carbocycles. The summed E-state index contributed by atoms with van der Waals surface area (Å²) < 4.78 is 26.6. The molecule has 0 bridgehead atoms. The topological polar surface area (TPSA) is 40.6 Å². The van der Waals surface area contributed by atoms with Gasteiger partial charge in [0.25, 0.3) is 5.91 Å². The van der Waals surface area contributed by atoms with E-state index >= 15 is 0 Å². The second kappa shape index (κ2) is 6.65. The highest BCUT2D eigenvalue weighted by Crippen LogP contribution is 2.14. The number of amides is 2. The first-order valence-corrected chi connectivity index (χ1v) is 7.05. The van der Waals surface area contributed by atoms with Crippen molar-refractivity contribution >= 4 is 11.8 Å². The molecular weight excluding hydrogens is 278 g/mol. The Morgan fingerprint density at radius 2 is 1.76 bits per heavy atom. The molecule has 0 atom stereocenters. The van der Waals surface area contributed by atoms with Crippen LogP contribution in [0.5, 0.6) is 0 Å². The van der Waals surface area contributed by atoms with E-state index in [1.54, 1.807) is 11.8 Å². The Hall–Kier alpha value is -1.98. The van der Waals surface area contributed by atoms with Crippen LogP contribution in [0, 0.1) is 11.6 Å². The van der Waals surface area contributed by atoms with E-state index in [1.165, 1.54) is 4.90 Å². The van der Waals surface area contributed by atoms with Gasteiger partial charge in [-0.1, -0.05) is 6.92 Å². The van der Waals surface area contributed by atoms with Crippen molar-refractivity contribution in [3.63, 3.8) is 0 Å². The van der Waals surface area contributed by atoms with Crippen LogP contribution in [-0.2, 0) is 4.79 Å². The van der Waals surface area contributed by atoms with Gasteiger partial charge in [0.15, 0.2) is 0 Å². The van der Waals surface area contributed by atoms with Gasteiger partial charge in [-0.25, -0.2) is 8.78 Å². The van der Waals surface area contributed by atoms with Crippen molar-refractivity contribution in [3.05, 3.63) is 35.4 Å². The lowest BCUT2D eigenvalue weighted by Gasteiger charge is -2.22. The molecule has 1 heterocycles. The van der Waals surface area contributed by atoms with Crippen LogP contribution in [0.15, 0.2) is 18.2 Å². The molecule has 4 nitrogen and oxygen atoms in total. The maximum atomic E-state index is 13.7. The van der Waals surface area contributed by atoms with Crippen LogP contribution in [0.2, 0.25) is 0 Å². The van der Waals surface area contributed by atoms with Crippen molar-refractivity contribution in [1.29, 1.82) is 0 Å². The monoisotopic (exact) mass is 296 g/mol. The molecule has 1 saturated heterocycles. The van der Waals surface area contributed by atoms with E-state index in [9.17, 15) is 18.4 Å². The number of rotatable bonds is 2. The predicted molar refractivity (Wildman–Crippen MR) is 73.7 cm³/mol. The standard InChI is InChI=1S/C15H18F2N2O2/c1-2-14(20)18-6-3-7-19(9-8-18)15(21)12-5-4-11(16)10-13(12)17/h4-5,10H,2-3,6-9H2,1H3. The van der Waals surface area contributed by atoms with E-state index in [2.05, 4.69) is 0 Å². The molecule has 0 unspecified atom stereocenters. The zero-order valence-electron chi connectivity index (χ0n) is 11.9. The summed E-state index contributed by atoms with van der Waals surface area (Å²) in [5.74, 6) is -1.97. The largest absolute Gasteiger partial charge is 0.341 e. The third kappa shape index (κ3) is 3.56. The number of halogens is 2. The summed E-state index contributed by atoms with van der Waals surface area (Å²) in [5, 5.41) is 0. The summed E-state index contributed by atoms with van der Waals surface area (Å²) in [4.78, 5) is 27.2. The van der Waals surface area contributed by atoms with Crippen LogP contribution in [0.3, 0.4) is 0 Å². The molecule has 1 aromatic carbocycles. The predicted octanol–water partition coefficient (Wildman–Crippen LogP) is 2.05. The molecule has 0 saturated carbocycles. The van der Waals surface area contributed by atoms with Crippen LogP contribution in [0.25, 0.3) is 0 Å². The molecule has 6 heteroatoms. The molecule has 0 radical (unpaired) electrons. The Morgan fingerprint density at radius 3 is 2.43 bits per heavy atom. The Morgan fingerprint density at radius 1 is 1.10 bits per heavy atom. The summed E-state index contributed by atoms with van der Waals surface area (Å²) in [6.45, 7) is 3.66. The van der Waals surface area contributed by atoms with Crippen LogP contribution < -0.4 is 0 Å². The third-order valence-corrected chi connectivity index (χ3v) is 3.60. The van der Waals surface area contributed by atoms with Gasteiger partial charge in [0, 0.05) is 38.7 Å². The number of hydrogen-bond acceptors (Lipinski definition) is 2. The summed E-state index contributed by atoms with van der Waals surface area (Å²) in [5.41, 5.74) is -0.133. The zero-order valence-corrected chi connectivity index (χ0v) is 11.9. The molecule has 0 spiro atoms. The highest BCUT2D eigenvalue weighted by Gasteiger charge is 2.23. The van der Waals surface area contributed by atoms with Crippen molar-refractivity contribution in [2.24, 2.45) is 0 Å². The lowest BCUT2D eigenvalue weighted by molar-refractivity contribution is -0.130. The molecule has 0 N–H and O–H groups in total. The number of benzene rings is 1. The number of carbonyl (C=O) groups is 2. The SMILES string of the molecule is CCC(=O)N1CCCN(C(=O)c2ccc(F)cc2F)CC1. The third-order valence-electron chi connectivity index (χ3n) is 3.60. The smallest absolute Gasteiger partial charge is 0.256 e. The minimum atomic E-state index is -0.856. The van der Waals surface area contributed by atoms with Crippen LogP contribution >= 0.6 is 0 Å². The van der Waals surface area contributed by atoms with Crippen molar-refractivity contribution < 1.29 is 18.4 Å². The van der Waals surface area contributed by atoms with Gasteiger partial charge in [-0.2, -0.15) is 0 Å². The molecule has 1 aromatic rings. The van der Waals surface area contributed by atoms with Gasteiger partial charge in [0.1, 0.15) is 11.6 Å². The summed E-state index contributed by atoms with van der Waals surface area (Å²) in [7, 11) is 0. The quantitative estimate of drug-likeness (QED) is 0.838. The Bertz CT molecular complexity index is 548. The molecule has 2 rings (SSSR count). The molecule has 114 valence electrons. The minimum Gasteiger partial charge on any atom is -0.341 e. The molecule has 1 fully saturated rings. The van der Waals surface area contributed by atoms with Gasteiger partial charge < -0.3 is 9.80 Å². The average molecular weight is 296 g/mol. The van der Waals surface area contributed by atoms with Crippen LogP contribution in [0.4, 0.5) is 8.78 Å². The van der Waals surface area contributed by atoms with Crippen LogP contribution in [0.1, 0.15) is 30.1 Å². The van der Waals surface area contributed by atoms with E-state index in [0.717, 1.165) is 12.1 Å². The first kappa shape index (κ1) is 15.4. The fourth-order valence-corrected chi connectivity index (χ4v) is 2.43. The minimum absolute atomic E-state index is 0.0530. The first-order chi connectivity index (χ1) is 10.0. The van der Waals surface area contributed by atoms with Crippen molar-refractivity contribution in [1.82, 2.24) is 9.80 Å². The van der Waals surface area contributed by atoms with Gasteiger partial charge in [0.05, 0.1) is 5.56 Å². The van der Waals surface area contributed by atoms with Crippen molar-refractivity contribution in [2.75, 3.05) is 26.2 Å². The van der Waals surface area contributed by atoms with Crippen molar-refractivity contribution in [3.8, 4) is 0 Å². The highest BCUT2D eigenvalue weighted by molar-refractivity contribution is 5.94. The first-order valence-electron chi connectivity index (χ1n) is 7.05. The highest BCUT2D eigenvalue weighted by atomic mass is 19.1. The second-order valence-electron chi connectivity index (χ2n) is 5.00. The normalized spacial score (nSPS) is 15.8. The maximum absolute atomic E-state index is 13.7. The molecule has 1 aliphatic heterocycles. The fraction of sp³-hybridized carbons (Fsp3) is 0.467. The lowest BCUT2D eigenvalue weighted by atomic mass is 10.1.